The summed E-state index contributed by atoms with van der Waals surface area (Å²) < 4.78 is 5.18. The molecule has 0 spiro atoms. The molecular weight excluding hydrogens is 254 g/mol. The van der Waals surface area contributed by atoms with Crippen molar-refractivity contribution in [3.8, 4) is 17.1 Å². The summed E-state index contributed by atoms with van der Waals surface area (Å²) in [5, 5.41) is 0. The number of benzene rings is 1. The Morgan fingerprint density at radius 3 is 2.50 bits per heavy atom. The number of hydrogen-bond acceptors (Lipinski definition) is 6. The molecule has 0 saturated carbocycles. The van der Waals surface area contributed by atoms with Crippen molar-refractivity contribution in [1.29, 1.82) is 0 Å². The van der Waals surface area contributed by atoms with Crippen LogP contribution >= 0.6 is 0 Å². The summed E-state index contributed by atoms with van der Waals surface area (Å²) >= 11 is 0. The van der Waals surface area contributed by atoms with Crippen LogP contribution in [0.2, 0.25) is 0 Å². The number of nitrogens with zero attached hydrogens (tertiary/aromatic N) is 4. The second kappa shape index (κ2) is 4.73. The summed E-state index contributed by atoms with van der Waals surface area (Å²) in [6, 6.07) is 8.04. The van der Waals surface area contributed by atoms with Crippen LogP contribution in [-0.2, 0) is 0 Å². The summed E-state index contributed by atoms with van der Waals surface area (Å²) in [6.07, 6.45) is 1.67. The number of hydrogen-bond donors (Lipinski definition) is 1. The van der Waals surface area contributed by atoms with Crippen molar-refractivity contribution in [2.75, 3.05) is 12.8 Å². The summed E-state index contributed by atoms with van der Waals surface area (Å²) in [6.45, 7) is 2.04. The third-order valence-corrected chi connectivity index (χ3v) is 2.93. The Kier molecular flexibility index (Phi) is 2.90. The Morgan fingerprint density at radius 1 is 1.05 bits per heavy atom. The van der Waals surface area contributed by atoms with E-state index < -0.39 is 0 Å². The molecule has 2 aromatic heterocycles. The van der Waals surface area contributed by atoms with E-state index in [0.29, 0.717) is 17.0 Å². The minimum absolute atomic E-state index is 0.117. The molecule has 3 rings (SSSR count). The highest BCUT2D eigenvalue weighted by molar-refractivity contribution is 5.79. The van der Waals surface area contributed by atoms with Crippen molar-refractivity contribution >= 4 is 17.1 Å². The van der Waals surface area contributed by atoms with E-state index in [1.54, 1.807) is 6.20 Å². The lowest BCUT2D eigenvalue weighted by molar-refractivity contribution is 0.402. The standard InChI is InChI=1S/C14H13N5O/c1-8-3-5-9(6-4-8)10-7-16-12-11(17-10)13(20-2)19-14(15)18-12/h3-7H,1-2H3,(H2,15,16,18,19). The Hall–Kier alpha value is -2.76. The number of nitrogens with two attached hydrogens (primary N) is 1. The third-order valence-electron chi connectivity index (χ3n) is 2.93. The number of nitrogen functional groups attached to an aromatic ring is 1. The van der Waals surface area contributed by atoms with E-state index in [2.05, 4.69) is 19.9 Å². The van der Waals surface area contributed by atoms with Gasteiger partial charge < -0.3 is 10.5 Å². The van der Waals surface area contributed by atoms with Gasteiger partial charge in [0.2, 0.25) is 11.8 Å². The first-order chi connectivity index (χ1) is 9.67. The lowest BCUT2D eigenvalue weighted by Gasteiger charge is -2.06. The molecular formula is C14H13N5O. The average Bonchev–Trinajstić information content (AvgIpc) is 2.46. The van der Waals surface area contributed by atoms with Crippen LogP contribution in [0.4, 0.5) is 5.95 Å². The third kappa shape index (κ3) is 2.11. The van der Waals surface area contributed by atoms with E-state index in [0.717, 1.165) is 11.3 Å². The van der Waals surface area contributed by atoms with Crippen LogP contribution < -0.4 is 10.5 Å². The highest BCUT2D eigenvalue weighted by Crippen LogP contribution is 2.23. The number of rotatable bonds is 2. The van der Waals surface area contributed by atoms with Gasteiger partial charge in [0.05, 0.1) is 19.0 Å². The van der Waals surface area contributed by atoms with Gasteiger partial charge in [-0.2, -0.15) is 9.97 Å². The molecule has 0 aliphatic rings. The molecule has 1 aromatic carbocycles. The number of aryl methyl sites for hydroxylation is 1. The van der Waals surface area contributed by atoms with Crippen molar-refractivity contribution in [2.45, 2.75) is 6.92 Å². The second-order valence-electron chi connectivity index (χ2n) is 4.38. The fourth-order valence-electron chi connectivity index (χ4n) is 1.90. The van der Waals surface area contributed by atoms with Crippen LogP contribution in [0.1, 0.15) is 5.56 Å². The number of anilines is 1. The second-order valence-corrected chi connectivity index (χ2v) is 4.38. The zero-order valence-electron chi connectivity index (χ0n) is 11.2. The molecule has 0 saturated heterocycles. The molecule has 0 atom stereocenters. The summed E-state index contributed by atoms with van der Waals surface area (Å²) in [5.74, 6) is 0.445. The van der Waals surface area contributed by atoms with Gasteiger partial charge in [-0.3, -0.25) is 0 Å². The van der Waals surface area contributed by atoms with Gasteiger partial charge in [0, 0.05) is 5.56 Å². The van der Waals surface area contributed by atoms with E-state index in [9.17, 15) is 0 Å². The zero-order chi connectivity index (χ0) is 14.1. The monoisotopic (exact) mass is 267 g/mol. The predicted molar refractivity (Wildman–Crippen MR) is 76.3 cm³/mol. The molecule has 2 N–H and O–H groups in total. The molecule has 20 heavy (non-hydrogen) atoms. The van der Waals surface area contributed by atoms with E-state index in [4.69, 9.17) is 10.5 Å². The molecule has 0 unspecified atom stereocenters. The van der Waals surface area contributed by atoms with Gasteiger partial charge in [0.15, 0.2) is 11.2 Å². The van der Waals surface area contributed by atoms with Crippen LogP contribution in [0.25, 0.3) is 22.4 Å². The first-order valence-electron chi connectivity index (χ1n) is 6.08. The van der Waals surface area contributed by atoms with E-state index in [-0.39, 0.29) is 5.95 Å². The van der Waals surface area contributed by atoms with Gasteiger partial charge in [-0.15, -0.1) is 0 Å². The molecule has 3 aromatic rings. The number of fused-ring (bicyclic) bond motifs is 1. The maximum absolute atomic E-state index is 5.60. The fourth-order valence-corrected chi connectivity index (χ4v) is 1.90. The quantitative estimate of drug-likeness (QED) is 0.764. The topological polar surface area (TPSA) is 86.8 Å². The molecule has 0 aliphatic heterocycles. The highest BCUT2D eigenvalue weighted by atomic mass is 16.5. The summed E-state index contributed by atoms with van der Waals surface area (Å²) in [4.78, 5) is 16.9. The maximum Gasteiger partial charge on any atom is 0.246 e. The van der Waals surface area contributed by atoms with Gasteiger partial charge >= 0.3 is 0 Å². The van der Waals surface area contributed by atoms with Crippen LogP contribution in [-0.4, -0.2) is 27.0 Å². The van der Waals surface area contributed by atoms with Crippen molar-refractivity contribution in [3.63, 3.8) is 0 Å². The molecule has 0 radical (unpaired) electrons. The normalized spacial score (nSPS) is 10.7. The molecule has 6 heteroatoms. The average molecular weight is 267 g/mol. The number of methoxy groups -OCH3 is 1. The molecule has 0 bridgehead atoms. The van der Waals surface area contributed by atoms with E-state index in [1.807, 2.05) is 31.2 Å². The van der Waals surface area contributed by atoms with Gasteiger partial charge in [0.1, 0.15) is 0 Å². The smallest absolute Gasteiger partial charge is 0.246 e. The fraction of sp³-hybridized carbons (Fsp3) is 0.143. The van der Waals surface area contributed by atoms with Crippen molar-refractivity contribution in [1.82, 2.24) is 19.9 Å². The van der Waals surface area contributed by atoms with Crippen molar-refractivity contribution < 1.29 is 4.74 Å². The van der Waals surface area contributed by atoms with Crippen molar-refractivity contribution in [3.05, 3.63) is 36.0 Å². The Labute approximate surface area is 115 Å². The minimum Gasteiger partial charge on any atom is -0.479 e. The van der Waals surface area contributed by atoms with Crippen LogP contribution in [0.15, 0.2) is 30.5 Å². The zero-order valence-corrected chi connectivity index (χ0v) is 11.2. The van der Waals surface area contributed by atoms with Crippen LogP contribution in [0.3, 0.4) is 0 Å². The van der Waals surface area contributed by atoms with Crippen molar-refractivity contribution in [2.24, 2.45) is 0 Å². The van der Waals surface area contributed by atoms with E-state index >= 15 is 0 Å². The lowest BCUT2D eigenvalue weighted by Crippen LogP contribution is -2.02. The SMILES string of the molecule is COc1nc(N)nc2ncc(-c3ccc(C)cc3)nc12. The number of ether oxygens (including phenoxy) is 1. The number of aromatic nitrogens is 4. The molecule has 0 amide bonds. The largest absolute Gasteiger partial charge is 0.479 e. The molecule has 0 aliphatic carbocycles. The van der Waals surface area contributed by atoms with Crippen LogP contribution in [0, 0.1) is 6.92 Å². The highest BCUT2D eigenvalue weighted by Gasteiger charge is 2.11. The Bertz CT molecular complexity index is 770. The Balaban J connectivity index is 2.19. The maximum atomic E-state index is 5.60. The molecule has 0 fully saturated rings. The minimum atomic E-state index is 0.117. The Morgan fingerprint density at radius 2 is 1.80 bits per heavy atom. The lowest BCUT2D eigenvalue weighted by atomic mass is 10.1. The van der Waals surface area contributed by atoms with Gasteiger partial charge in [-0.25, -0.2) is 9.97 Å². The summed E-state index contributed by atoms with van der Waals surface area (Å²) in [7, 11) is 1.52. The first-order valence-corrected chi connectivity index (χ1v) is 6.08. The van der Waals surface area contributed by atoms with Gasteiger partial charge in [0.25, 0.3) is 0 Å². The molecule has 2 heterocycles. The van der Waals surface area contributed by atoms with Gasteiger partial charge in [-0.05, 0) is 6.92 Å². The predicted octanol–water partition coefficient (Wildman–Crippen LogP) is 1.99. The molecule has 6 nitrogen and oxygen atoms in total. The molecule has 100 valence electrons. The first kappa shape index (κ1) is 12.3. The van der Waals surface area contributed by atoms with Crippen LogP contribution in [0.5, 0.6) is 5.88 Å². The van der Waals surface area contributed by atoms with E-state index in [1.165, 1.54) is 12.7 Å². The van der Waals surface area contributed by atoms with Gasteiger partial charge in [-0.1, -0.05) is 29.8 Å². The summed E-state index contributed by atoms with van der Waals surface area (Å²) in [5.41, 5.74) is 9.42.